The van der Waals surface area contributed by atoms with Crippen molar-refractivity contribution in [2.75, 3.05) is 0 Å². The van der Waals surface area contributed by atoms with Crippen molar-refractivity contribution in [2.24, 2.45) is 0 Å². The highest BCUT2D eigenvalue weighted by molar-refractivity contribution is 7.71. The molecule has 0 aliphatic rings. The second kappa shape index (κ2) is 4.77. The maximum Gasteiger partial charge on any atom is 0.133 e. The zero-order valence-electron chi connectivity index (χ0n) is 9.34. The molecule has 0 saturated carbocycles. The van der Waals surface area contributed by atoms with E-state index in [1.54, 1.807) is 6.07 Å². The van der Waals surface area contributed by atoms with Gasteiger partial charge in [0.25, 0.3) is 0 Å². The number of benzene rings is 1. The molecular weight excluding hydrogens is 275 g/mol. The fourth-order valence-corrected chi connectivity index (χ4v) is 2.12. The first-order chi connectivity index (χ1) is 7.99. The van der Waals surface area contributed by atoms with Crippen LogP contribution in [-0.2, 0) is 0 Å². The van der Waals surface area contributed by atoms with Crippen LogP contribution in [0.4, 0.5) is 0 Å². The molecule has 0 unspecified atom stereocenters. The van der Waals surface area contributed by atoms with Crippen molar-refractivity contribution in [3.05, 3.63) is 44.3 Å². The second-order valence-corrected chi connectivity index (χ2v) is 4.96. The molecule has 5 heteroatoms. The number of rotatable bonds is 1. The van der Waals surface area contributed by atoms with Gasteiger partial charge in [-0.05, 0) is 31.5 Å². The molecule has 1 aromatic heterocycles. The summed E-state index contributed by atoms with van der Waals surface area (Å²) in [6.45, 7) is 3.80. The lowest BCUT2D eigenvalue weighted by molar-refractivity contribution is 1.02. The molecule has 0 spiro atoms. The molecule has 0 radical (unpaired) electrons. The predicted octanol–water partition coefficient (Wildman–Crippen LogP) is 4.73. The molecule has 0 atom stereocenters. The fraction of sp³-hybridized carbons (Fsp3) is 0.167. The lowest BCUT2D eigenvalue weighted by Crippen LogP contribution is -1.96. The Morgan fingerprint density at radius 2 is 1.88 bits per heavy atom. The number of halogens is 2. The van der Waals surface area contributed by atoms with E-state index < -0.39 is 0 Å². The van der Waals surface area contributed by atoms with Gasteiger partial charge in [0, 0.05) is 5.56 Å². The quantitative estimate of drug-likeness (QED) is 0.767. The number of H-pyrrole nitrogens is 1. The van der Waals surface area contributed by atoms with E-state index in [2.05, 4.69) is 9.97 Å². The van der Waals surface area contributed by atoms with Crippen molar-refractivity contribution in [2.45, 2.75) is 13.8 Å². The maximum absolute atomic E-state index is 6.01. The molecule has 2 rings (SSSR count). The zero-order chi connectivity index (χ0) is 12.6. The largest absolute Gasteiger partial charge is 0.343 e. The van der Waals surface area contributed by atoms with Crippen LogP contribution in [0.25, 0.3) is 11.3 Å². The Morgan fingerprint density at radius 1 is 1.18 bits per heavy atom. The van der Waals surface area contributed by atoms with E-state index in [0.29, 0.717) is 14.7 Å². The Bertz CT molecular complexity index is 635. The summed E-state index contributed by atoms with van der Waals surface area (Å²) < 4.78 is 0.599. The van der Waals surface area contributed by atoms with Gasteiger partial charge in [-0.3, -0.25) is 0 Å². The van der Waals surface area contributed by atoms with Gasteiger partial charge in [0.1, 0.15) is 10.5 Å². The molecule has 2 nitrogen and oxygen atoms in total. The van der Waals surface area contributed by atoms with Crippen molar-refractivity contribution in [1.29, 1.82) is 0 Å². The van der Waals surface area contributed by atoms with Crippen molar-refractivity contribution in [3.63, 3.8) is 0 Å². The Balaban J connectivity index is 2.68. The highest BCUT2D eigenvalue weighted by atomic mass is 35.5. The molecule has 0 amide bonds. The molecule has 88 valence electrons. The number of nitrogens with one attached hydrogen (secondary N) is 1. The summed E-state index contributed by atoms with van der Waals surface area (Å²) in [6.07, 6.45) is 0. The first kappa shape index (κ1) is 12.6. The van der Waals surface area contributed by atoms with Gasteiger partial charge in [-0.2, -0.15) is 0 Å². The van der Waals surface area contributed by atoms with Gasteiger partial charge in [-0.1, -0.05) is 41.5 Å². The summed E-state index contributed by atoms with van der Waals surface area (Å²) in [5.74, 6) is 0.779. The first-order valence-corrected chi connectivity index (χ1v) is 6.18. The maximum atomic E-state index is 6.01. The minimum atomic E-state index is 0.525. The Morgan fingerprint density at radius 3 is 2.53 bits per heavy atom. The lowest BCUT2D eigenvalue weighted by Gasteiger charge is -2.08. The third-order valence-corrected chi connectivity index (χ3v) is 3.62. The predicted molar refractivity (Wildman–Crippen MR) is 74.4 cm³/mol. The van der Waals surface area contributed by atoms with Crippen LogP contribution in [0.2, 0.25) is 10.0 Å². The molecule has 0 aliphatic heterocycles. The van der Waals surface area contributed by atoms with Crippen LogP contribution in [0, 0.1) is 18.5 Å². The number of hydrogen-bond donors (Lipinski definition) is 1. The topological polar surface area (TPSA) is 28.7 Å². The first-order valence-electron chi connectivity index (χ1n) is 5.02. The highest BCUT2D eigenvalue weighted by Gasteiger charge is 2.07. The third-order valence-electron chi connectivity index (χ3n) is 2.48. The fourth-order valence-electron chi connectivity index (χ4n) is 1.59. The average molecular weight is 285 g/mol. The van der Waals surface area contributed by atoms with Crippen LogP contribution in [0.1, 0.15) is 11.4 Å². The average Bonchev–Trinajstić information content (AvgIpc) is 2.27. The Hall–Kier alpha value is -0.900. The number of aromatic amines is 1. The standard InChI is InChI=1S/C12H10Cl2N2S/c1-6-11(15-7(2)16-12(6)17)8-3-4-9(13)10(14)5-8/h3-5H,1-2H3,(H,15,16,17). The van der Waals surface area contributed by atoms with Gasteiger partial charge < -0.3 is 4.98 Å². The molecule has 1 aromatic carbocycles. The molecule has 1 N–H and O–H groups in total. The molecule has 17 heavy (non-hydrogen) atoms. The number of hydrogen-bond acceptors (Lipinski definition) is 2. The smallest absolute Gasteiger partial charge is 0.133 e. The lowest BCUT2D eigenvalue weighted by atomic mass is 10.1. The van der Waals surface area contributed by atoms with Crippen LogP contribution >= 0.6 is 35.4 Å². The highest BCUT2D eigenvalue weighted by Crippen LogP contribution is 2.29. The van der Waals surface area contributed by atoms with Gasteiger partial charge in [0.05, 0.1) is 15.7 Å². The van der Waals surface area contributed by atoms with Crippen molar-refractivity contribution >= 4 is 35.4 Å². The van der Waals surface area contributed by atoms with Gasteiger partial charge >= 0.3 is 0 Å². The minimum Gasteiger partial charge on any atom is -0.343 e. The number of aromatic nitrogens is 2. The van der Waals surface area contributed by atoms with E-state index in [1.807, 2.05) is 26.0 Å². The van der Waals surface area contributed by atoms with Crippen LogP contribution in [0.3, 0.4) is 0 Å². The molecule has 1 heterocycles. The molecule has 0 fully saturated rings. The van der Waals surface area contributed by atoms with Crippen LogP contribution in [0.5, 0.6) is 0 Å². The van der Waals surface area contributed by atoms with Gasteiger partial charge in [0.2, 0.25) is 0 Å². The van der Waals surface area contributed by atoms with Crippen molar-refractivity contribution in [3.8, 4) is 11.3 Å². The van der Waals surface area contributed by atoms with E-state index >= 15 is 0 Å². The van der Waals surface area contributed by atoms with Crippen LogP contribution < -0.4 is 0 Å². The molecule has 2 aromatic rings. The summed E-state index contributed by atoms with van der Waals surface area (Å²) in [4.78, 5) is 7.40. The molecule has 0 bridgehead atoms. The SMILES string of the molecule is Cc1nc(=S)c(C)c(-c2ccc(Cl)c(Cl)c2)[nH]1. The summed E-state index contributed by atoms with van der Waals surface area (Å²) in [5, 5.41) is 1.06. The minimum absolute atomic E-state index is 0.525. The van der Waals surface area contributed by atoms with E-state index in [4.69, 9.17) is 35.4 Å². The van der Waals surface area contributed by atoms with Gasteiger partial charge in [-0.15, -0.1) is 0 Å². The summed E-state index contributed by atoms with van der Waals surface area (Å²) in [6, 6.07) is 5.49. The summed E-state index contributed by atoms with van der Waals surface area (Å²) in [7, 11) is 0. The monoisotopic (exact) mass is 284 g/mol. The Kier molecular flexibility index (Phi) is 3.52. The van der Waals surface area contributed by atoms with Crippen LogP contribution in [0.15, 0.2) is 18.2 Å². The molecular formula is C12H10Cl2N2S. The van der Waals surface area contributed by atoms with E-state index in [-0.39, 0.29) is 0 Å². The normalized spacial score (nSPS) is 10.6. The second-order valence-electron chi connectivity index (χ2n) is 3.76. The third kappa shape index (κ3) is 2.51. The number of aryl methyl sites for hydroxylation is 1. The van der Waals surface area contributed by atoms with E-state index in [0.717, 1.165) is 22.6 Å². The van der Waals surface area contributed by atoms with Crippen molar-refractivity contribution < 1.29 is 0 Å². The van der Waals surface area contributed by atoms with Crippen molar-refractivity contribution in [1.82, 2.24) is 9.97 Å². The van der Waals surface area contributed by atoms with Crippen LogP contribution in [-0.4, -0.2) is 9.97 Å². The van der Waals surface area contributed by atoms with Gasteiger partial charge in [0.15, 0.2) is 0 Å². The summed E-state index contributed by atoms with van der Waals surface area (Å²) >= 11 is 17.1. The number of nitrogens with zero attached hydrogens (tertiary/aromatic N) is 1. The molecule has 0 aliphatic carbocycles. The summed E-state index contributed by atoms with van der Waals surface area (Å²) in [5.41, 5.74) is 2.82. The van der Waals surface area contributed by atoms with Gasteiger partial charge in [-0.25, -0.2) is 4.98 Å². The Labute approximate surface area is 115 Å². The van der Waals surface area contributed by atoms with E-state index in [9.17, 15) is 0 Å². The van der Waals surface area contributed by atoms with E-state index in [1.165, 1.54) is 0 Å². The molecule has 0 saturated heterocycles. The zero-order valence-corrected chi connectivity index (χ0v) is 11.7.